The highest BCUT2D eigenvalue weighted by Crippen LogP contribution is 2.08. The smallest absolute Gasteiger partial charge is 0.306 e. The molecule has 0 spiro atoms. The summed E-state index contributed by atoms with van der Waals surface area (Å²) in [5.41, 5.74) is -0.0947. The van der Waals surface area contributed by atoms with Gasteiger partial charge in [0.25, 0.3) is 0 Å². The van der Waals surface area contributed by atoms with Crippen LogP contribution in [-0.4, -0.2) is 38.4 Å². The van der Waals surface area contributed by atoms with E-state index in [0.29, 0.717) is 0 Å². The quantitative estimate of drug-likeness (QED) is 0.547. The Morgan fingerprint density at radius 1 is 1.63 bits per heavy atom. The molecule has 0 aliphatic carbocycles. The van der Waals surface area contributed by atoms with Crippen LogP contribution in [0.2, 0.25) is 0 Å². The van der Waals surface area contributed by atoms with Crippen molar-refractivity contribution in [3.8, 4) is 0 Å². The van der Waals surface area contributed by atoms with Gasteiger partial charge in [-0.3, -0.25) is 19.6 Å². The van der Waals surface area contributed by atoms with Crippen molar-refractivity contribution >= 4 is 11.6 Å². The fourth-order valence-corrected chi connectivity index (χ4v) is 1.41. The van der Waals surface area contributed by atoms with Gasteiger partial charge in [-0.1, -0.05) is 6.92 Å². The number of amides is 1. The summed E-state index contributed by atoms with van der Waals surface area (Å²) >= 11 is 0. The van der Waals surface area contributed by atoms with Gasteiger partial charge in [0.2, 0.25) is 5.91 Å². The number of carbonyl (C=O) groups excluding carboxylic acids is 1. The van der Waals surface area contributed by atoms with Crippen LogP contribution in [0.4, 0.5) is 5.69 Å². The molecule has 0 aliphatic rings. The summed E-state index contributed by atoms with van der Waals surface area (Å²) in [6.45, 7) is 3.94. The van der Waals surface area contributed by atoms with Crippen LogP contribution in [0.15, 0.2) is 12.4 Å². The van der Waals surface area contributed by atoms with E-state index in [-0.39, 0.29) is 43.1 Å². The molecule has 1 heterocycles. The Bertz CT molecular complexity index is 446. The molecule has 8 heteroatoms. The second-order valence-electron chi connectivity index (χ2n) is 4.48. The van der Waals surface area contributed by atoms with Gasteiger partial charge in [-0.05, 0) is 12.8 Å². The number of hydrogen-bond acceptors (Lipinski definition) is 5. The lowest BCUT2D eigenvalue weighted by molar-refractivity contribution is -0.385. The fourth-order valence-electron chi connectivity index (χ4n) is 1.41. The van der Waals surface area contributed by atoms with Crippen LogP contribution in [0.1, 0.15) is 20.3 Å². The van der Waals surface area contributed by atoms with E-state index in [4.69, 9.17) is 5.11 Å². The fraction of sp³-hybridized carbons (Fsp3) is 0.636. The monoisotopic (exact) mass is 270 g/mol. The normalized spacial score (nSPS) is 13.8. The number of aryl methyl sites for hydroxylation is 1. The summed E-state index contributed by atoms with van der Waals surface area (Å²) in [6.07, 6.45) is 2.61. The van der Waals surface area contributed by atoms with Crippen molar-refractivity contribution < 1.29 is 14.8 Å². The average molecular weight is 270 g/mol. The lowest BCUT2D eigenvalue weighted by Crippen LogP contribution is -2.38. The maximum absolute atomic E-state index is 11.6. The third-order valence-electron chi connectivity index (χ3n) is 2.93. The Hall–Kier alpha value is -1.96. The molecule has 1 aromatic rings. The number of rotatable bonds is 7. The van der Waals surface area contributed by atoms with Crippen LogP contribution in [0.25, 0.3) is 0 Å². The third kappa shape index (κ3) is 4.66. The van der Waals surface area contributed by atoms with Crippen molar-refractivity contribution in [1.29, 1.82) is 0 Å². The number of aliphatic hydroxyl groups is 1. The highest BCUT2D eigenvalue weighted by molar-refractivity contribution is 5.76. The zero-order valence-corrected chi connectivity index (χ0v) is 10.9. The van der Waals surface area contributed by atoms with E-state index in [1.165, 1.54) is 10.9 Å². The molecule has 0 aliphatic heterocycles. The van der Waals surface area contributed by atoms with Gasteiger partial charge < -0.3 is 10.4 Å². The molecule has 0 saturated heterocycles. The van der Waals surface area contributed by atoms with Gasteiger partial charge in [-0.15, -0.1) is 0 Å². The van der Waals surface area contributed by atoms with Gasteiger partial charge in [0.1, 0.15) is 12.4 Å². The van der Waals surface area contributed by atoms with Crippen LogP contribution in [0, 0.1) is 16.0 Å². The minimum Gasteiger partial charge on any atom is -0.396 e. The van der Waals surface area contributed by atoms with E-state index in [1.807, 2.05) is 13.8 Å². The molecule has 0 fully saturated rings. The van der Waals surface area contributed by atoms with Crippen molar-refractivity contribution in [1.82, 2.24) is 15.1 Å². The van der Waals surface area contributed by atoms with Gasteiger partial charge in [0.05, 0.1) is 4.92 Å². The number of hydrogen-bond donors (Lipinski definition) is 2. The summed E-state index contributed by atoms with van der Waals surface area (Å²) in [5, 5.41) is 26.0. The molecular formula is C11H18N4O4. The molecule has 1 rings (SSSR count). The molecule has 1 aromatic heterocycles. The molecule has 106 valence electrons. The van der Waals surface area contributed by atoms with Gasteiger partial charge in [-0.2, -0.15) is 5.10 Å². The minimum atomic E-state index is -0.533. The van der Waals surface area contributed by atoms with E-state index < -0.39 is 4.92 Å². The van der Waals surface area contributed by atoms with E-state index in [0.717, 1.165) is 6.20 Å². The van der Waals surface area contributed by atoms with E-state index in [1.54, 1.807) is 0 Å². The van der Waals surface area contributed by atoms with Gasteiger partial charge in [-0.25, -0.2) is 0 Å². The van der Waals surface area contributed by atoms with Crippen LogP contribution >= 0.6 is 0 Å². The average Bonchev–Trinajstić information content (AvgIpc) is 2.84. The Morgan fingerprint density at radius 2 is 2.32 bits per heavy atom. The largest absolute Gasteiger partial charge is 0.396 e. The number of carbonyl (C=O) groups is 1. The maximum Gasteiger partial charge on any atom is 0.306 e. The first-order chi connectivity index (χ1) is 8.93. The molecule has 8 nitrogen and oxygen atoms in total. The Kier molecular flexibility index (Phi) is 5.43. The minimum absolute atomic E-state index is 0.00674. The summed E-state index contributed by atoms with van der Waals surface area (Å²) in [5.74, 6) is -0.194. The maximum atomic E-state index is 11.6. The van der Waals surface area contributed by atoms with Gasteiger partial charge >= 0.3 is 5.69 Å². The highest BCUT2D eigenvalue weighted by atomic mass is 16.6. The number of aromatic nitrogens is 2. The van der Waals surface area contributed by atoms with Crippen LogP contribution in [0.5, 0.6) is 0 Å². The van der Waals surface area contributed by atoms with E-state index in [2.05, 4.69) is 10.4 Å². The predicted octanol–water partition coefficient (Wildman–Crippen LogP) is 0.314. The molecule has 0 bridgehead atoms. The molecule has 2 unspecified atom stereocenters. The van der Waals surface area contributed by atoms with Gasteiger partial charge in [0, 0.05) is 25.6 Å². The number of nitrogens with one attached hydrogen (secondary N) is 1. The second kappa shape index (κ2) is 6.83. The molecule has 2 N–H and O–H groups in total. The SMILES string of the molecule is CC(CO)C(C)NC(=O)CCn1cc([N+](=O)[O-])cn1. The molecule has 19 heavy (non-hydrogen) atoms. The van der Waals surface area contributed by atoms with Crippen molar-refractivity contribution in [2.45, 2.75) is 32.9 Å². The zero-order chi connectivity index (χ0) is 14.4. The first-order valence-electron chi connectivity index (χ1n) is 6.01. The van der Waals surface area contributed by atoms with Crippen molar-refractivity contribution in [3.05, 3.63) is 22.5 Å². The van der Waals surface area contributed by atoms with E-state index in [9.17, 15) is 14.9 Å². The van der Waals surface area contributed by atoms with E-state index >= 15 is 0 Å². The lowest BCUT2D eigenvalue weighted by atomic mass is 10.1. The Balaban J connectivity index is 2.39. The summed E-state index contributed by atoms with van der Waals surface area (Å²) in [6, 6.07) is -0.121. The van der Waals surface area contributed by atoms with Crippen molar-refractivity contribution in [2.75, 3.05) is 6.61 Å². The standard InChI is InChI=1S/C11H18N4O4/c1-8(7-16)9(2)13-11(17)3-4-14-6-10(5-12-14)15(18)19/h5-6,8-9,16H,3-4,7H2,1-2H3,(H,13,17). The predicted molar refractivity (Wildman–Crippen MR) is 67.4 cm³/mol. The Labute approximate surface area is 110 Å². The number of nitro groups is 1. The molecular weight excluding hydrogens is 252 g/mol. The van der Waals surface area contributed by atoms with Crippen LogP contribution in [-0.2, 0) is 11.3 Å². The Morgan fingerprint density at radius 3 is 2.84 bits per heavy atom. The summed E-state index contributed by atoms with van der Waals surface area (Å²) in [4.78, 5) is 21.5. The zero-order valence-electron chi connectivity index (χ0n) is 10.9. The molecule has 0 radical (unpaired) electrons. The van der Waals surface area contributed by atoms with Crippen LogP contribution < -0.4 is 5.32 Å². The third-order valence-corrected chi connectivity index (χ3v) is 2.93. The first kappa shape index (κ1) is 15.1. The second-order valence-corrected chi connectivity index (χ2v) is 4.48. The topological polar surface area (TPSA) is 110 Å². The summed E-state index contributed by atoms with van der Waals surface area (Å²) < 4.78 is 1.36. The van der Waals surface area contributed by atoms with Crippen molar-refractivity contribution in [2.24, 2.45) is 5.92 Å². The molecule has 2 atom stereocenters. The van der Waals surface area contributed by atoms with Gasteiger partial charge in [0.15, 0.2) is 0 Å². The lowest BCUT2D eigenvalue weighted by Gasteiger charge is -2.19. The van der Waals surface area contributed by atoms with Crippen LogP contribution in [0.3, 0.4) is 0 Å². The molecule has 0 aromatic carbocycles. The highest BCUT2D eigenvalue weighted by Gasteiger charge is 2.14. The summed E-state index contributed by atoms with van der Waals surface area (Å²) in [7, 11) is 0. The molecule has 1 amide bonds. The van der Waals surface area contributed by atoms with Crippen molar-refractivity contribution in [3.63, 3.8) is 0 Å². The number of nitrogens with zero attached hydrogens (tertiary/aromatic N) is 3. The first-order valence-corrected chi connectivity index (χ1v) is 6.01. The molecule has 0 saturated carbocycles. The number of aliphatic hydroxyl groups excluding tert-OH is 1.